The summed E-state index contributed by atoms with van der Waals surface area (Å²) in [5.74, 6) is -0.0625. The third kappa shape index (κ3) is 3.44. The van der Waals surface area contributed by atoms with Crippen LogP contribution < -0.4 is 5.32 Å². The summed E-state index contributed by atoms with van der Waals surface area (Å²) in [5.41, 5.74) is 6.39. The zero-order valence-corrected chi connectivity index (χ0v) is 16.5. The molecule has 29 heavy (non-hydrogen) atoms. The molecule has 4 aromatic rings. The molecule has 1 atom stereocenters. The fraction of sp³-hybridized carbons (Fsp3) is 0.250. The number of carbonyl (C=O) groups excluding carboxylic acids is 1. The predicted octanol–water partition coefficient (Wildman–Crippen LogP) is 4.53. The molecule has 1 aliphatic carbocycles. The molecule has 0 saturated heterocycles. The summed E-state index contributed by atoms with van der Waals surface area (Å²) in [6.07, 6.45) is 4.91. The molecule has 1 unspecified atom stereocenters. The summed E-state index contributed by atoms with van der Waals surface area (Å²) in [5, 5.41) is 8.91. The van der Waals surface area contributed by atoms with Crippen LogP contribution in [0, 0.1) is 6.92 Å². The fourth-order valence-electron chi connectivity index (χ4n) is 4.27. The van der Waals surface area contributed by atoms with E-state index >= 15 is 0 Å². The SMILES string of the molecule is Cc1ccc2[nH]c(C(=O)NC3CCCc4c3cnn4Cc3ccccc3)cc2c1. The molecular formula is C24H24N4O. The second kappa shape index (κ2) is 7.24. The Labute approximate surface area is 169 Å². The number of hydrogen-bond donors (Lipinski definition) is 2. The van der Waals surface area contributed by atoms with Gasteiger partial charge in [0.05, 0.1) is 18.8 Å². The lowest BCUT2D eigenvalue weighted by atomic mass is 9.92. The third-order valence-electron chi connectivity index (χ3n) is 5.76. The van der Waals surface area contributed by atoms with Crippen LogP contribution in [-0.4, -0.2) is 20.7 Å². The molecule has 0 spiro atoms. The fourth-order valence-corrected chi connectivity index (χ4v) is 4.27. The largest absolute Gasteiger partial charge is 0.351 e. The summed E-state index contributed by atoms with van der Waals surface area (Å²) >= 11 is 0. The van der Waals surface area contributed by atoms with Crippen LogP contribution in [0.25, 0.3) is 10.9 Å². The van der Waals surface area contributed by atoms with E-state index in [2.05, 4.69) is 63.4 Å². The molecule has 0 aliphatic heterocycles. The number of aromatic amines is 1. The molecule has 2 aromatic carbocycles. The number of H-pyrrole nitrogens is 1. The molecule has 5 rings (SSSR count). The number of hydrogen-bond acceptors (Lipinski definition) is 2. The number of carbonyl (C=O) groups is 1. The van der Waals surface area contributed by atoms with Crippen LogP contribution >= 0.6 is 0 Å². The molecule has 0 bridgehead atoms. The molecule has 0 radical (unpaired) electrons. The Morgan fingerprint density at radius 3 is 2.93 bits per heavy atom. The van der Waals surface area contributed by atoms with Gasteiger partial charge < -0.3 is 10.3 Å². The van der Waals surface area contributed by atoms with E-state index in [4.69, 9.17) is 0 Å². The summed E-state index contributed by atoms with van der Waals surface area (Å²) in [6, 6.07) is 18.5. The van der Waals surface area contributed by atoms with E-state index in [-0.39, 0.29) is 11.9 Å². The maximum atomic E-state index is 12.9. The van der Waals surface area contributed by atoms with Crippen molar-refractivity contribution in [2.45, 2.75) is 38.8 Å². The topological polar surface area (TPSA) is 62.7 Å². The highest BCUT2D eigenvalue weighted by atomic mass is 16.1. The average molecular weight is 384 g/mol. The molecule has 1 amide bonds. The first-order valence-corrected chi connectivity index (χ1v) is 10.2. The maximum absolute atomic E-state index is 12.9. The summed E-state index contributed by atoms with van der Waals surface area (Å²) < 4.78 is 2.08. The molecule has 146 valence electrons. The molecule has 0 saturated carbocycles. The van der Waals surface area contributed by atoms with Crippen molar-refractivity contribution in [3.05, 3.63) is 88.9 Å². The van der Waals surface area contributed by atoms with Crippen LogP contribution in [0.5, 0.6) is 0 Å². The monoisotopic (exact) mass is 384 g/mol. The molecule has 0 fully saturated rings. The smallest absolute Gasteiger partial charge is 0.268 e. The van der Waals surface area contributed by atoms with E-state index in [0.29, 0.717) is 5.69 Å². The number of amides is 1. The second-order valence-electron chi connectivity index (χ2n) is 7.88. The van der Waals surface area contributed by atoms with Gasteiger partial charge in [0, 0.05) is 22.2 Å². The molecule has 2 heterocycles. The van der Waals surface area contributed by atoms with E-state index in [9.17, 15) is 4.79 Å². The standard InChI is InChI=1S/C24H24N4O/c1-16-10-11-20-18(12-16)13-22(26-20)24(29)27-21-8-5-9-23-19(21)14-25-28(23)15-17-6-3-2-4-7-17/h2-4,6-7,10-14,21,26H,5,8-9,15H2,1H3,(H,27,29). The van der Waals surface area contributed by atoms with Crippen molar-refractivity contribution >= 4 is 16.8 Å². The molecular weight excluding hydrogens is 360 g/mol. The van der Waals surface area contributed by atoms with E-state index in [1.165, 1.54) is 16.8 Å². The quantitative estimate of drug-likeness (QED) is 0.543. The van der Waals surface area contributed by atoms with Gasteiger partial charge in [-0.05, 0) is 49.9 Å². The van der Waals surface area contributed by atoms with Crippen LogP contribution in [0.4, 0.5) is 0 Å². The van der Waals surface area contributed by atoms with Gasteiger partial charge in [0.1, 0.15) is 5.69 Å². The minimum atomic E-state index is -0.0625. The Hall–Kier alpha value is -3.34. The van der Waals surface area contributed by atoms with Crippen molar-refractivity contribution in [2.24, 2.45) is 0 Å². The van der Waals surface area contributed by atoms with Crippen LogP contribution in [0.1, 0.15) is 51.8 Å². The Morgan fingerprint density at radius 2 is 2.07 bits per heavy atom. The number of aryl methyl sites for hydroxylation is 1. The van der Waals surface area contributed by atoms with Crippen molar-refractivity contribution in [1.82, 2.24) is 20.1 Å². The highest BCUT2D eigenvalue weighted by molar-refractivity contribution is 5.98. The van der Waals surface area contributed by atoms with Gasteiger partial charge in [-0.1, -0.05) is 42.0 Å². The van der Waals surface area contributed by atoms with Crippen molar-refractivity contribution in [3.63, 3.8) is 0 Å². The zero-order chi connectivity index (χ0) is 19.8. The molecule has 2 aromatic heterocycles. The molecule has 2 N–H and O–H groups in total. The van der Waals surface area contributed by atoms with Crippen LogP contribution in [0.2, 0.25) is 0 Å². The number of aromatic nitrogens is 3. The Kier molecular flexibility index (Phi) is 4.43. The normalized spacial score (nSPS) is 16.0. The van der Waals surface area contributed by atoms with Gasteiger partial charge in [-0.2, -0.15) is 5.10 Å². The Bertz CT molecular complexity index is 1170. The highest BCUT2D eigenvalue weighted by Crippen LogP contribution is 2.30. The summed E-state index contributed by atoms with van der Waals surface area (Å²) in [4.78, 5) is 16.1. The minimum absolute atomic E-state index is 0.00363. The van der Waals surface area contributed by atoms with Gasteiger partial charge in [0.15, 0.2) is 0 Å². The first-order valence-electron chi connectivity index (χ1n) is 10.2. The molecule has 5 nitrogen and oxygen atoms in total. The van der Waals surface area contributed by atoms with Crippen LogP contribution in [-0.2, 0) is 13.0 Å². The molecule has 1 aliphatic rings. The van der Waals surface area contributed by atoms with E-state index in [1.807, 2.05) is 24.4 Å². The van der Waals surface area contributed by atoms with Gasteiger partial charge in [-0.3, -0.25) is 9.48 Å². The highest BCUT2D eigenvalue weighted by Gasteiger charge is 2.26. The predicted molar refractivity (Wildman–Crippen MR) is 114 cm³/mol. The van der Waals surface area contributed by atoms with Crippen molar-refractivity contribution in [2.75, 3.05) is 0 Å². The lowest BCUT2D eigenvalue weighted by Crippen LogP contribution is -2.31. The van der Waals surface area contributed by atoms with E-state index in [0.717, 1.165) is 42.3 Å². The van der Waals surface area contributed by atoms with Crippen molar-refractivity contribution in [1.29, 1.82) is 0 Å². The van der Waals surface area contributed by atoms with Gasteiger partial charge in [0.2, 0.25) is 0 Å². The number of benzene rings is 2. The lowest BCUT2D eigenvalue weighted by Gasteiger charge is -2.24. The number of rotatable bonds is 4. The minimum Gasteiger partial charge on any atom is -0.351 e. The number of nitrogens with one attached hydrogen (secondary N) is 2. The van der Waals surface area contributed by atoms with Gasteiger partial charge in [0.25, 0.3) is 5.91 Å². The zero-order valence-electron chi connectivity index (χ0n) is 16.5. The van der Waals surface area contributed by atoms with Gasteiger partial charge >= 0.3 is 0 Å². The second-order valence-corrected chi connectivity index (χ2v) is 7.88. The Morgan fingerprint density at radius 1 is 1.21 bits per heavy atom. The first kappa shape index (κ1) is 17.7. The van der Waals surface area contributed by atoms with Gasteiger partial charge in [-0.25, -0.2) is 0 Å². The Balaban J connectivity index is 1.37. The summed E-state index contributed by atoms with van der Waals surface area (Å²) in [6.45, 7) is 2.82. The van der Waals surface area contributed by atoms with E-state index in [1.54, 1.807) is 0 Å². The first-order chi connectivity index (χ1) is 14.2. The lowest BCUT2D eigenvalue weighted by molar-refractivity contribution is 0.0928. The summed E-state index contributed by atoms with van der Waals surface area (Å²) in [7, 11) is 0. The van der Waals surface area contributed by atoms with Crippen LogP contribution in [0.3, 0.4) is 0 Å². The third-order valence-corrected chi connectivity index (χ3v) is 5.76. The average Bonchev–Trinajstić information content (AvgIpc) is 3.33. The van der Waals surface area contributed by atoms with E-state index < -0.39 is 0 Å². The van der Waals surface area contributed by atoms with Crippen molar-refractivity contribution in [3.8, 4) is 0 Å². The number of fused-ring (bicyclic) bond motifs is 2. The van der Waals surface area contributed by atoms with Crippen molar-refractivity contribution < 1.29 is 4.79 Å². The molecule has 5 heteroatoms. The number of nitrogens with zero attached hydrogens (tertiary/aromatic N) is 2. The van der Waals surface area contributed by atoms with Crippen LogP contribution in [0.15, 0.2) is 60.8 Å². The maximum Gasteiger partial charge on any atom is 0.268 e. The van der Waals surface area contributed by atoms with Gasteiger partial charge in [-0.15, -0.1) is 0 Å².